The maximum atomic E-state index is 4.37. The molecule has 0 unspecified atom stereocenters. The van der Waals surface area contributed by atoms with E-state index < -0.39 is 0 Å². The molecule has 1 aliphatic rings. The number of aromatic nitrogens is 3. The molecule has 20 heavy (non-hydrogen) atoms. The zero-order chi connectivity index (χ0) is 13.8. The Bertz CT molecular complexity index is 518. The highest BCUT2D eigenvalue weighted by molar-refractivity contribution is 7.13. The molecule has 108 valence electrons. The van der Waals surface area contributed by atoms with Gasteiger partial charge < -0.3 is 10.2 Å². The van der Waals surface area contributed by atoms with Gasteiger partial charge in [-0.05, 0) is 6.92 Å². The van der Waals surface area contributed by atoms with Crippen LogP contribution in [0.3, 0.4) is 0 Å². The van der Waals surface area contributed by atoms with Gasteiger partial charge in [0.2, 0.25) is 0 Å². The van der Waals surface area contributed by atoms with Crippen LogP contribution >= 0.6 is 22.9 Å². The van der Waals surface area contributed by atoms with Crippen molar-refractivity contribution in [1.82, 2.24) is 19.5 Å². The third-order valence-electron chi connectivity index (χ3n) is 3.33. The molecule has 6 nitrogen and oxygen atoms in total. The van der Waals surface area contributed by atoms with Crippen LogP contribution in [0, 0.1) is 0 Å². The molecule has 3 rings (SSSR count). The molecule has 0 bridgehead atoms. The lowest BCUT2D eigenvalue weighted by molar-refractivity contribution is 0.247. The number of piperazine rings is 1. The Kier molecular flexibility index (Phi) is 4.44. The Morgan fingerprint density at radius 2 is 2.15 bits per heavy atom. The molecule has 0 saturated carbocycles. The van der Waals surface area contributed by atoms with Crippen molar-refractivity contribution in [2.75, 3.05) is 42.9 Å². The highest BCUT2D eigenvalue weighted by Crippen LogP contribution is 2.22. The van der Waals surface area contributed by atoms with E-state index in [2.05, 4.69) is 36.6 Å². The van der Waals surface area contributed by atoms with Crippen LogP contribution in [0.4, 0.5) is 10.1 Å². The largest absolute Gasteiger partial charge is 0.374 e. The minimum atomic E-state index is 0.880. The van der Waals surface area contributed by atoms with Crippen LogP contribution in [0.5, 0.6) is 0 Å². The third-order valence-corrected chi connectivity index (χ3v) is 4.89. The Morgan fingerprint density at radius 3 is 2.85 bits per heavy atom. The molecular formula is C12H18N6S2. The summed E-state index contributed by atoms with van der Waals surface area (Å²) in [6.07, 6.45) is 1.87. The highest BCUT2D eigenvalue weighted by Gasteiger charge is 2.20. The van der Waals surface area contributed by atoms with Gasteiger partial charge in [-0.1, -0.05) is 4.49 Å². The summed E-state index contributed by atoms with van der Waals surface area (Å²) in [7, 11) is 0. The number of rotatable bonds is 5. The van der Waals surface area contributed by atoms with E-state index in [1.165, 1.54) is 11.5 Å². The highest BCUT2D eigenvalue weighted by atomic mass is 32.1. The maximum absolute atomic E-state index is 4.37. The van der Waals surface area contributed by atoms with Gasteiger partial charge in [-0.25, -0.2) is 4.98 Å². The molecule has 1 N–H and O–H groups in total. The summed E-state index contributed by atoms with van der Waals surface area (Å²) in [5, 5.41) is 11.8. The first kappa shape index (κ1) is 13.7. The van der Waals surface area contributed by atoms with Crippen LogP contribution in [-0.2, 0) is 6.54 Å². The van der Waals surface area contributed by atoms with Gasteiger partial charge in [0.25, 0.3) is 0 Å². The van der Waals surface area contributed by atoms with Crippen LogP contribution in [-0.4, -0.2) is 52.2 Å². The van der Waals surface area contributed by atoms with Gasteiger partial charge in [0, 0.05) is 62.4 Å². The molecule has 1 aliphatic heterocycles. The predicted octanol–water partition coefficient (Wildman–Crippen LogP) is 1.75. The number of anilines is 2. The minimum absolute atomic E-state index is 0.880. The van der Waals surface area contributed by atoms with Crippen LogP contribution in [0.2, 0.25) is 0 Å². The Morgan fingerprint density at radius 1 is 1.30 bits per heavy atom. The number of nitrogens with zero attached hydrogens (tertiary/aromatic N) is 5. The van der Waals surface area contributed by atoms with Crippen LogP contribution in [0.1, 0.15) is 12.6 Å². The van der Waals surface area contributed by atoms with E-state index in [4.69, 9.17) is 0 Å². The molecule has 1 fully saturated rings. The van der Waals surface area contributed by atoms with Crippen molar-refractivity contribution in [2.45, 2.75) is 13.5 Å². The van der Waals surface area contributed by atoms with Gasteiger partial charge in [0.05, 0.1) is 0 Å². The molecule has 0 aromatic carbocycles. The van der Waals surface area contributed by atoms with Crippen molar-refractivity contribution in [3.63, 3.8) is 0 Å². The molecular weight excluding hydrogens is 292 g/mol. The van der Waals surface area contributed by atoms with Crippen molar-refractivity contribution < 1.29 is 0 Å². The number of thiazole rings is 1. The van der Waals surface area contributed by atoms with E-state index in [1.54, 1.807) is 11.3 Å². The average Bonchev–Trinajstić information content (AvgIpc) is 3.13. The molecule has 2 aromatic rings. The Hall–Kier alpha value is -1.25. The van der Waals surface area contributed by atoms with Gasteiger partial charge in [0.15, 0.2) is 5.13 Å². The monoisotopic (exact) mass is 310 g/mol. The zero-order valence-electron chi connectivity index (χ0n) is 11.4. The fraction of sp³-hybridized carbons (Fsp3) is 0.583. The summed E-state index contributed by atoms with van der Waals surface area (Å²) in [5.41, 5.74) is 1.07. The lowest BCUT2D eigenvalue weighted by atomic mass is 10.3. The van der Waals surface area contributed by atoms with E-state index in [-0.39, 0.29) is 0 Å². The summed E-state index contributed by atoms with van der Waals surface area (Å²) in [5.74, 6) is 0. The second kappa shape index (κ2) is 6.47. The number of hydrogen-bond donors (Lipinski definition) is 1. The molecule has 0 aliphatic carbocycles. The fourth-order valence-electron chi connectivity index (χ4n) is 2.29. The zero-order valence-corrected chi connectivity index (χ0v) is 13.1. The van der Waals surface area contributed by atoms with Crippen molar-refractivity contribution in [2.24, 2.45) is 0 Å². The lowest BCUT2D eigenvalue weighted by Gasteiger charge is -2.34. The van der Waals surface area contributed by atoms with Crippen molar-refractivity contribution >= 4 is 33.0 Å². The molecule has 0 radical (unpaired) electrons. The van der Waals surface area contributed by atoms with Crippen LogP contribution in [0.15, 0.2) is 11.6 Å². The summed E-state index contributed by atoms with van der Waals surface area (Å²) in [6, 6.07) is 0. The molecule has 0 amide bonds. The summed E-state index contributed by atoms with van der Waals surface area (Å²) >= 11 is 3.15. The van der Waals surface area contributed by atoms with Gasteiger partial charge in [0.1, 0.15) is 10.7 Å². The smallest absolute Gasteiger partial charge is 0.185 e. The second-order valence-electron chi connectivity index (χ2n) is 4.66. The van der Waals surface area contributed by atoms with Crippen molar-refractivity contribution in [3.05, 3.63) is 17.3 Å². The third kappa shape index (κ3) is 3.08. The first-order valence-electron chi connectivity index (χ1n) is 6.78. The first-order valence-corrected chi connectivity index (χ1v) is 8.44. The van der Waals surface area contributed by atoms with E-state index >= 15 is 0 Å². The Labute approximate surface area is 126 Å². The van der Waals surface area contributed by atoms with Gasteiger partial charge in [-0.3, -0.25) is 4.90 Å². The summed E-state index contributed by atoms with van der Waals surface area (Å²) in [6.45, 7) is 8.03. The standard InChI is InChI=1S/C12H18N6S2/c1-2-13-11-10(15-16-20-11)9-17-4-6-18(7-5-17)12-14-3-8-19-12/h3,8,13H,2,4-7,9H2,1H3. The fourth-order valence-corrected chi connectivity index (χ4v) is 3.63. The normalized spacial score (nSPS) is 16.6. The van der Waals surface area contributed by atoms with Crippen molar-refractivity contribution in [3.8, 4) is 0 Å². The molecule has 3 heterocycles. The maximum Gasteiger partial charge on any atom is 0.185 e. The SMILES string of the molecule is CCNc1snnc1CN1CCN(c2nccs2)CC1. The van der Waals surface area contributed by atoms with E-state index in [9.17, 15) is 0 Å². The predicted molar refractivity (Wildman–Crippen MR) is 83.7 cm³/mol. The second-order valence-corrected chi connectivity index (χ2v) is 6.28. The van der Waals surface area contributed by atoms with Gasteiger partial charge in [-0.2, -0.15) is 0 Å². The molecule has 2 aromatic heterocycles. The van der Waals surface area contributed by atoms with E-state index in [0.717, 1.165) is 55.1 Å². The Balaban J connectivity index is 1.54. The first-order chi connectivity index (χ1) is 9.86. The van der Waals surface area contributed by atoms with E-state index in [1.807, 2.05) is 11.6 Å². The van der Waals surface area contributed by atoms with Crippen molar-refractivity contribution in [1.29, 1.82) is 0 Å². The van der Waals surface area contributed by atoms with Gasteiger partial charge >= 0.3 is 0 Å². The summed E-state index contributed by atoms with van der Waals surface area (Å²) in [4.78, 5) is 9.16. The minimum Gasteiger partial charge on any atom is -0.374 e. The van der Waals surface area contributed by atoms with Crippen LogP contribution < -0.4 is 10.2 Å². The number of nitrogens with one attached hydrogen (secondary N) is 1. The molecule has 1 saturated heterocycles. The molecule has 0 spiro atoms. The van der Waals surface area contributed by atoms with E-state index in [0.29, 0.717) is 0 Å². The number of hydrogen-bond acceptors (Lipinski definition) is 8. The summed E-state index contributed by atoms with van der Waals surface area (Å²) < 4.78 is 4.05. The lowest BCUT2D eigenvalue weighted by Crippen LogP contribution is -2.46. The molecule has 8 heteroatoms. The van der Waals surface area contributed by atoms with Gasteiger partial charge in [-0.15, -0.1) is 16.4 Å². The average molecular weight is 310 g/mol. The topological polar surface area (TPSA) is 57.2 Å². The quantitative estimate of drug-likeness (QED) is 0.908. The van der Waals surface area contributed by atoms with Crippen LogP contribution in [0.25, 0.3) is 0 Å². The molecule has 0 atom stereocenters.